The molecule has 0 radical (unpaired) electrons. The van der Waals surface area contributed by atoms with E-state index in [9.17, 15) is 9.59 Å². The quantitative estimate of drug-likeness (QED) is 0.472. The Balaban J connectivity index is 2.43. The predicted octanol–water partition coefficient (Wildman–Crippen LogP) is 3.23. The van der Waals surface area contributed by atoms with E-state index in [1.54, 1.807) is 0 Å². The van der Waals surface area contributed by atoms with E-state index in [0.717, 1.165) is 22.0 Å². The van der Waals surface area contributed by atoms with E-state index in [0.29, 0.717) is 0 Å². The van der Waals surface area contributed by atoms with Gasteiger partial charge in [-0.25, -0.2) is 9.59 Å². The first-order valence-corrected chi connectivity index (χ1v) is 7.08. The van der Waals surface area contributed by atoms with E-state index >= 15 is 0 Å². The Labute approximate surface area is 125 Å². The van der Waals surface area contributed by atoms with Gasteiger partial charge in [0.15, 0.2) is 0 Å². The number of halogens is 1. The van der Waals surface area contributed by atoms with E-state index in [2.05, 4.69) is 15.9 Å². The van der Waals surface area contributed by atoms with Crippen LogP contribution in [0.2, 0.25) is 0 Å². The van der Waals surface area contributed by atoms with Crippen LogP contribution in [0.3, 0.4) is 0 Å². The molecule has 2 rings (SSSR count). The summed E-state index contributed by atoms with van der Waals surface area (Å²) in [5, 5.41) is 0. The summed E-state index contributed by atoms with van der Waals surface area (Å²) < 4.78 is 11.0. The van der Waals surface area contributed by atoms with Crippen molar-refractivity contribution >= 4 is 33.9 Å². The summed E-state index contributed by atoms with van der Waals surface area (Å²) in [6.45, 7) is 5.05. The van der Waals surface area contributed by atoms with Crippen molar-refractivity contribution in [3.63, 3.8) is 0 Å². The van der Waals surface area contributed by atoms with Gasteiger partial charge in [-0.2, -0.15) is 0 Å². The third-order valence-corrected chi connectivity index (χ3v) is 3.40. The van der Waals surface area contributed by atoms with Gasteiger partial charge in [-0.3, -0.25) is 0 Å². The number of rotatable bonds is 2. The zero-order valence-corrected chi connectivity index (χ0v) is 13.1. The van der Waals surface area contributed by atoms with Crippen LogP contribution < -0.4 is 0 Å². The van der Waals surface area contributed by atoms with Crippen LogP contribution >= 0.6 is 15.9 Å². The fourth-order valence-corrected chi connectivity index (χ4v) is 2.33. The summed E-state index contributed by atoms with van der Waals surface area (Å²) in [5.74, 6) is -2.53. The first-order chi connectivity index (χ1) is 9.32. The van der Waals surface area contributed by atoms with Gasteiger partial charge in [-0.1, -0.05) is 28.9 Å². The number of aryl methyl sites for hydroxylation is 1. The lowest BCUT2D eigenvalue weighted by Gasteiger charge is -2.29. The highest BCUT2D eigenvalue weighted by atomic mass is 79.9. The highest BCUT2D eigenvalue weighted by Gasteiger charge is 2.38. The Morgan fingerprint density at radius 1 is 1.20 bits per heavy atom. The van der Waals surface area contributed by atoms with Crippen LogP contribution in [-0.4, -0.2) is 17.7 Å². The van der Waals surface area contributed by atoms with Crippen molar-refractivity contribution in [2.45, 2.75) is 33.0 Å². The van der Waals surface area contributed by atoms with Crippen molar-refractivity contribution in [1.82, 2.24) is 0 Å². The molecule has 0 amide bonds. The maximum atomic E-state index is 11.9. The van der Waals surface area contributed by atoms with Crippen molar-refractivity contribution in [3.05, 3.63) is 39.4 Å². The zero-order valence-electron chi connectivity index (χ0n) is 11.5. The molecule has 1 saturated heterocycles. The molecule has 0 aromatic heterocycles. The minimum Gasteiger partial charge on any atom is -0.419 e. The van der Waals surface area contributed by atoms with Crippen molar-refractivity contribution in [1.29, 1.82) is 0 Å². The average molecular weight is 339 g/mol. The van der Waals surface area contributed by atoms with Crippen LogP contribution in [0.15, 0.2) is 28.2 Å². The normalized spacial score (nSPS) is 17.5. The average Bonchev–Trinajstić information content (AvgIpc) is 2.33. The van der Waals surface area contributed by atoms with E-state index < -0.39 is 17.7 Å². The number of hydrogen-bond donors (Lipinski definition) is 0. The molecule has 1 heterocycles. The molecule has 106 valence electrons. The fraction of sp³-hybridized carbons (Fsp3) is 0.333. The van der Waals surface area contributed by atoms with Crippen LogP contribution in [0.25, 0.3) is 6.08 Å². The smallest absolute Gasteiger partial charge is 0.348 e. The van der Waals surface area contributed by atoms with Crippen LogP contribution in [-0.2, 0) is 25.5 Å². The van der Waals surface area contributed by atoms with Crippen LogP contribution in [0.4, 0.5) is 0 Å². The first-order valence-electron chi connectivity index (χ1n) is 6.29. The second kappa shape index (κ2) is 5.40. The standard InChI is InChI=1S/C15H15BrO4/c1-4-9-5-6-11(16)7-10(9)8-12-13(17)19-15(2,3)20-14(12)18/h5-8H,4H2,1-3H3. The topological polar surface area (TPSA) is 52.6 Å². The molecule has 0 atom stereocenters. The number of carbonyl (C=O) groups is 2. The van der Waals surface area contributed by atoms with Crippen molar-refractivity contribution < 1.29 is 19.1 Å². The summed E-state index contributed by atoms with van der Waals surface area (Å²) in [7, 11) is 0. The SMILES string of the molecule is CCc1ccc(Br)cc1C=C1C(=O)OC(C)(C)OC1=O. The maximum Gasteiger partial charge on any atom is 0.348 e. The Morgan fingerprint density at radius 2 is 1.80 bits per heavy atom. The van der Waals surface area contributed by atoms with Crippen molar-refractivity contribution in [2.75, 3.05) is 0 Å². The number of cyclic esters (lactones) is 2. The van der Waals surface area contributed by atoms with Crippen LogP contribution in [0.1, 0.15) is 31.9 Å². The van der Waals surface area contributed by atoms with Crippen molar-refractivity contribution in [3.8, 4) is 0 Å². The molecule has 4 nitrogen and oxygen atoms in total. The minimum atomic E-state index is -1.21. The third-order valence-electron chi connectivity index (χ3n) is 2.91. The third kappa shape index (κ3) is 3.10. The number of esters is 2. The molecule has 0 bridgehead atoms. The summed E-state index contributed by atoms with van der Waals surface area (Å²) in [4.78, 5) is 23.8. The molecule has 1 aromatic rings. The lowest BCUT2D eigenvalue weighted by molar-refractivity contribution is -0.222. The molecule has 0 spiro atoms. The second-order valence-electron chi connectivity index (χ2n) is 4.93. The van der Waals surface area contributed by atoms with E-state index in [4.69, 9.17) is 9.47 Å². The van der Waals surface area contributed by atoms with Crippen molar-refractivity contribution in [2.24, 2.45) is 0 Å². The maximum absolute atomic E-state index is 11.9. The summed E-state index contributed by atoms with van der Waals surface area (Å²) in [6, 6.07) is 5.72. The van der Waals surface area contributed by atoms with Crippen LogP contribution in [0, 0.1) is 0 Å². The molecule has 1 aliphatic heterocycles. The van der Waals surface area contributed by atoms with Gasteiger partial charge in [0.2, 0.25) is 0 Å². The highest BCUT2D eigenvalue weighted by molar-refractivity contribution is 9.10. The number of ether oxygens (including phenoxy) is 2. The van der Waals surface area contributed by atoms with Gasteiger partial charge in [0.25, 0.3) is 5.79 Å². The Bertz CT molecular complexity index is 580. The molecule has 0 unspecified atom stereocenters. The lowest BCUT2D eigenvalue weighted by Crippen LogP contribution is -2.41. The molecule has 1 aromatic carbocycles. The number of carbonyl (C=O) groups excluding carboxylic acids is 2. The molecular weight excluding hydrogens is 324 g/mol. The Hall–Kier alpha value is -1.62. The van der Waals surface area contributed by atoms with Gasteiger partial charge >= 0.3 is 11.9 Å². The molecule has 5 heteroatoms. The first kappa shape index (κ1) is 14.8. The second-order valence-corrected chi connectivity index (χ2v) is 5.85. The van der Waals surface area contributed by atoms with E-state index in [1.165, 1.54) is 19.9 Å². The Morgan fingerprint density at radius 3 is 2.35 bits per heavy atom. The highest BCUT2D eigenvalue weighted by Crippen LogP contribution is 2.26. The predicted molar refractivity (Wildman–Crippen MR) is 77.8 cm³/mol. The summed E-state index contributed by atoms with van der Waals surface area (Å²) in [5.41, 5.74) is 1.74. The number of hydrogen-bond acceptors (Lipinski definition) is 4. The molecule has 0 N–H and O–H groups in total. The molecule has 0 saturated carbocycles. The number of benzene rings is 1. The minimum absolute atomic E-state index is 0.0860. The molecule has 20 heavy (non-hydrogen) atoms. The largest absolute Gasteiger partial charge is 0.419 e. The lowest BCUT2D eigenvalue weighted by atomic mass is 10.0. The molecule has 1 aliphatic rings. The summed E-state index contributed by atoms with van der Waals surface area (Å²) >= 11 is 3.38. The Kier molecular flexibility index (Phi) is 3.99. The van der Waals surface area contributed by atoms with Crippen LogP contribution in [0.5, 0.6) is 0 Å². The monoisotopic (exact) mass is 338 g/mol. The van der Waals surface area contributed by atoms with E-state index in [-0.39, 0.29) is 5.57 Å². The van der Waals surface area contributed by atoms with E-state index in [1.807, 2.05) is 25.1 Å². The fourth-order valence-electron chi connectivity index (χ4n) is 1.96. The van der Waals surface area contributed by atoms with Gasteiger partial charge < -0.3 is 9.47 Å². The zero-order chi connectivity index (χ0) is 14.9. The van der Waals surface area contributed by atoms with Gasteiger partial charge in [0, 0.05) is 18.3 Å². The van der Waals surface area contributed by atoms with Gasteiger partial charge in [-0.15, -0.1) is 0 Å². The molecular formula is C15H15BrO4. The van der Waals surface area contributed by atoms with Gasteiger partial charge in [0.1, 0.15) is 5.57 Å². The summed E-state index contributed by atoms with van der Waals surface area (Å²) in [6.07, 6.45) is 2.31. The molecule has 1 fully saturated rings. The molecule has 0 aliphatic carbocycles. The van der Waals surface area contributed by atoms with Gasteiger partial charge in [-0.05, 0) is 35.8 Å². The van der Waals surface area contributed by atoms with Gasteiger partial charge in [0.05, 0.1) is 0 Å².